The first kappa shape index (κ1) is 30.8. The Bertz CT molecular complexity index is 1580. The summed E-state index contributed by atoms with van der Waals surface area (Å²) in [5.41, 5.74) is -2.59. The van der Waals surface area contributed by atoms with Gasteiger partial charge in [-0.05, 0) is 35.4 Å². The fourth-order valence-electron chi connectivity index (χ4n) is 7.12. The Morgan fingerprint density at radius 1 is 1.05 bits per heavy atom. The number of Topliss-reactive ketones (excluding diaryl/α,β-unsaturated/α-hetero) is 1. The average Bonchev–Trinajstić information content (AvgIpc) is 3.05. The highest BCUT2D eigenvalue weighted by Crippen LogP contribution is 2.50. The Hall–Kier alpha value is -3.60. The van der Waals surface area contributed by atoms with Crippen LogP contribution in [0.1, 0.15) is 56.9 Å². The van der Waals surface area contributed by atoms with Crippen molar-refractivity contribution in [1.82, 2.24) is 9.80 Å². The van der Waals surface area contributed by atoms with Crippen LogP contribution in [-0.2, 0) is 25.3 Å². The molecule has 1 saturated heterocycles. The van der Waals surface area contributed by atoms with Gasteiger partial charge in [0.2, 0.25) is 0 Å². The van der Waals surface area contributed by atoms with Crippen molar-refractivity contribution in [2.45, 2.75) is 52.4 Å². The van der Waals surface area contributed by atoms with E-state index in [-0.39, 0.29) is 30.8 Å². The second-order valence-corrected chi connectivity index (χ2v) is 12.8. The summed E-state index contributed by atoms with van der Waals surface area (Å²) < 4.78 is 48.3. The van der Waals surface area contributed by atoms with E-state index in [2.05, 4.69) is 5.32 Å². The van der Waals surface area contributed by atoms with Gasteiger partial charge in [0.05, 0.1) is 12.1 Å². The van der Waals surface area contributed by atoms with Crippen molar-refractivity contribution in [3.05, 3.63) is 77.4 Å². The number of alkyl halides is 3. The fourth-order valence-corrected chi connectivity index (χ4v) is 7.12. The zero-order chi connectivity index (χ0) is 31.4. The predicted molar refractivity (Wildman–Crippen MR) is 156 cm³/mol. The molecular weight excluding hydrogens is 561 g/mol. The molecule has 43 heavy (non-hydrogen) atoms. The molecule has 2 unspecified atom stereocenters. The van der Waals surface area contributed by atoms with Crippen LogP contribution in [-0.4, -0.2) is 55.0 Å². The van der Waals surface area contributed by atoms with Gasteiger partial charge in [-0.25, -0.2) is 9.28 Å². The molecule has 2 aliphatic heterocycles. The minimum Gasteiger partial charge on any atom is -0.480 e. The minimum atomic E-state index is -4.69. The number of fused-ring (bicyclic) bond motifs is 2. The second kappa shape index (κ2) is 10.8. The smallest absolute Gasteiger partial charge is 0.416 e. The number of nitrogens with zero attached hydrogens (tertiary/aromatic N) is 1. The number of amides is 1. The van der Waals surface area contributed by atoms with Crippen LogP contribution in [0.2, 0.25) is 0 Å². The number of quaternary nitrogens is 1. The van der Waals surface area contributed by atoms with E-state index in [4.69, 9.17) is 4.74 Å². The van der Waals surface area contributed by atoms with Gasteiger partial charge in [0.15, 0.2) is 17.8 Å². The lowest BCUT2D eigenvalue weighted by Crippen LogP contribution is -2.75. The molecule has 2 heterocycles. The molecule has 2 N–H and O–H groups in total. The van der Waals surface area contributed by atoms with Gasteiger partial charge in [0, 0.05) is 36.6 Å². The van der Waals surface area contributed by atoms with Gasteiger partial charge in [0.1, 0.15) is 17.8 Å². The van der Waals surface area contributed by atoms with E-state index < -0.39 is 63.5 Å². The Labute approximate surface area is 248 Å². The van der Waals surface area contributed by atoms with Gasteiger partial charge < -0.3 is 15.2 Å². The third-order valence-electron chi connectivity index (χ3n) is 8.82. The third-order valence-corrected chi connectivity index (χ3v) is 8.82. The zero-order valence-corrected chi connectivity index (χ0v) is 24.6. The summed E-state index contributed by atoms with van der Waals surface area (Å²) in [5, 5.41) is 15.2. The number of carbonyl (C=O) groups excluding carboxylic acids is 2. The molecule has 5 rings (SSSR count). The number of ketones is 1. The maximum Gasteiger partial charge on any atom is 0.416 e. The van der Waals surface area contributed by atoms with Gasteiger partial charge in [-0.3, -0.25) is 9.59 Å². The predicted octanol–water partition coefficient (Wildman–Crippen LogP) is 5.88. The summed E-state index contributed by atoms with van der Waals surface area (Å²) in [4.78, 5) is 41.0. The summed E-state index contributed by atoms with van der Waals surface area (Å²) in [6.07, 6.45) is -5.62. The van der Waals surface area contributed by atoms with Crippen molar-refractivity contribution >= 4 is 34.1 Å². The van der Waals surface area contributed by atoms with Crippen LogP contribution < -0.4 is 9.80 Å². The molecule has 3 aromatic carbocycles. The van der Waals surface area contributed by atoms with Gasteiger partial charge in [-0.2, -0.15) is 13.2 Å². The molecule has 4 atom stereocenters. The molecule has 1 fully saturated rings. The quantitative estimate of drug-likeness (QED) is 0.282. The van der Waals surface area contributed by atoms with E-state index in [1.807, 2.05) is 51.1 Å². The third kappa shape index (κ3) is 5.15. The number of carboxylic acid groups (broad SMARTS) is 1. The van der Waals surface area contributed by atoms with Crippen molar-refractivity contribution in [2.75, 3.05) is 26.2 Å². The van der Waals surface area contributed by atoms with Crippen molar-refractivity contribution in [3.63, 3.8) is 0 Å². The summed E-state index contributed by atoms with van der Waals surface area (Å²) in [6.45, 7) is 6.53. The second-order valence-electron chi connectivity index (χ2n) is 12.8. The highest BCUT2D eigenvalue weighted by Gasteiger charge is 2.65. The minimum absolute atomic E-state index is 0.0444. The fraction of sp³-hybridized carbons (Fsp3) is 0.424. The van der Waals surface area contributed by atoms with E-state index in [1.165, 1.54) is 13.0 Å². The molecule has 2 aliphatic rings. The van der Waals surface area contributed by atoms with Crippen LogP contribution in [0.25, 0.3) is 10.8 Å². The number of nitrogens with one attached hydrogen (secondary N) is 1. The molecule has 0 spiro atoms. The first-order chi connectivity index (χ1) is 20.1. The summed E-state index contributed by atoms with van der Waals surface area (Å²) in [5.74, 6) is -2.50. The molecule has 0 bridgehead atoms. The number of carboxylic acids is 1. The van der Waals surface area contributed by atoms with Gasteiger partial charge in [-0.1, -0.05) is 63.2 Å². The van der Waals surface area contributed by atoms with Crippen molar-refractivity contribution < 1.29 is 37.4 Å². The molecular formula is C33H36F3N2O5+. The molecule has 0 saturated carbocycles. The van der Waals surface area contributed by atoms with Crippen LogP contribution in [0.4, 0.5) is 18.9 Å². The summed E-state index contributed by atoms with van der Waals surface area (Å²) >= 11 is 0. The van der Waals surface area contributed by atoms with Crippen molar-refractivity contribution in [3.8, 4) is 0 Å². The first-order valence-corrected chi connectivity index (χ1v) is 14.3. The van der Waals surface area contributed by atoms with Crippen LogP contribution in [0.3, 0.4) is 0 Å². The number of hydrogen-bond donors (Lipinski definition) is 2. The Balaban J connectivity index is 1.89. The average molecular weight is 598 g/mol. The molecule has 7 nitrogen and oxygen atoms in total. The number of hydrogen-bond acceptors (Lipinski definition) is 5. The Morgan fingerprint density at radius 3 is 2.40 bits per heavy atom. The molecule has 228 valence electrons. The van der Waals surface area contributed by atoms with Crippen LogP contribution in [0.5, 0.6) is 0 Å². The van der Waals surface area contributed by atoms with Gasteiger partial charge in [0.25, 0.3) is 0 Å². The van der Waals surface area contributed by atoms with E-state index >= 15 is 0 Å². The standard InChI is InChI=1S/C33H35F3N2O5/c1-20(39)32(30(41)42)18-37-15-14-27(32)38(19-31(2,3)4)26-13-12-22(33(34,35)36)16-25(26)29(43-17-28(38)40)24-11-7-9-21-8-5-6-10-23(21)24/h5-13,16,27,29,37H,14-15,17-19H2,1-4H3/p+1/t27-,29?,32+,38?/m1/s1. The van der Waals surface area contributed by atoms with Crippen molar-refractivity contribution in [1.29, 1.82) is 0 Å². The number of ether oxygens (including phenoxy) is 1. The SMILES string of the molecule is CC(=O)[C@@]1(C(=O)O)CNCC[C@H]1[N+]1(CC(C)(C)C)C(=O)COC(c2cccc3ccccc23)c2cc(C(F)(F)F)ccc21. The molecule has 10 heteroatoms. The lowest BCUT2D eigenvalue weighted by Gasteiger charge is -2.51. The molecule has 0 radical (unpaired) electrons. The Morgan fingerprint density at radius 2 is 1.74 bits per heavy atom. The van der Waals surface area contributed by atoms with Gasteiger partial charge >= 0.3 is 18.1 Å². The number of piperidine rings is 1. The highest BCUT2D eigenvalue weighted by atomic mass is 19.4. The molecule has 1 amide bonds. The van der Waals surface area contributed by atoms with E-state index in [1.54, 1.807) is 12.1 Å². The summed E-state index contributed by atoms with van der Waals surface area (Å²) in [7, 11) is 0. The monoisotopic (exact) mass is 597 g/mol. The molecule has 0 aliphatic carbocycles. The van der Waals surface area contributed by atoms with Gasteiger partial charge in [-0.15, -0.1) is 0 Å². The number of benzene rings is 3. The van der Waals surface area contributed by atoms with E-state index in [0.717, 1.165) is 22.9 Å². The number of aliphatic carboxylic acids is 1. The van der Waals surface area contributed by atoms with E-state index in [0.29, 0.717) is 12.1 Å². The van der Waals surface area contributed by atoms with Crippen LogP contribution >= 0.6 is 0 Å². The normalized spacial score (nSPS) is 26.5. The number of carbonyl (C=O) groups is 3. The number of rotatable bonds is 5. The highest BCUT2D eigenvalue weighted by molar-refractivity contribution is 6.05. The molecule has 3 aromatic rings. The lowest BCUT2D eigenvalue weighted by atomic mass is 9.70. The summed E-state index contributed by atoms with van der Waals surface area (Å²) in [6, 6.07) is 15.0. The Kier molecular flexibility index (Phi) is 7.77. The van der Waals surface area contributed by atoms with E-state index in [9.17, 15) is 32.7 Å². The van der Waals surface area contributed by atoms with Crippen molar-refractivity contribution in [2.24, 2.45) is 10.8 Å². The zero-order valence-electron chi connectivity index (χ0n) is 24.6. The molecule has 0 aromatic heterocycles. The topological polar surface area (TPSA) is 92.7 Å². The largest absolute Gasteiger partial charge is 0.480 e. The first-order valence-electron chi connectivity index (χ1n) is 14.3. The van der Waals surface area contributed by atoms with Crippen LogP contribution in [0, 0.1) is 10.8 Å². The lowest BCUT2D eigenvalue weighted by molar-refractivity contribution is -0.164. The van der Waals surface area contributed by atoms with Crippen LogP contribution in [0.15, 0.2) is 60.7 Å². The maximum atomic E-state index is 14.6. The number of halogens is 3. The maximum absolute atomic E-state index is 14.6.